The van der Waals surface area contributed by atoms with Crippen molar-refractivity contribution in [2.45, 2.75) is 32.0 Å². The van der Waals surface area contributed by atoms with Crippen LogP contribution in [0.4, 0.5) is 4.79 Å². The molecular weight excluding hydrogens is 388 g/mol. The van der Waals surface area contributed by atoms with E-state index in [4.69, 9.17) is 10.6 Å². The van der Waals surface area contributed by atoms with Gasteiger partial charge in [-0.3, -0.25) is 9.59 Å². The largest absolute Gasteiger partial charge is 0.508 e. The van der Waals surface area contributed by atoms with Crippen LogP contribution in [0.15, 0.2) is 59.7 Å². The second-order valence-corrected chi connectivity index (χ2v) is 6.54. The Labute approximate surface area is 173 Å². The molecule has 0 spiro atoms. The molecule has 0 bridgehead atoms. The summed E-state index contributed by atoms with van der Waals surface area (Å²) in [5.74, 6) is 3.98. The average molecular weight is 412 g/mol. The highest BCUT2D eigenvalue weighted by atomic mass is 16.5. The van der Waals surface area contributed by atoms with Gasteiger partial charge in [0.2, 0.25) is 5.91 Å². The van der Waals surface area contributed by atoms with E-state index in [9.17, 15) is 19.5 Å². The Morgan fingerprint density at radius 3 is 2.37 bits per heavy atom. The maximum absolute atomic E-state index is 12.7. The Kier molecular flexibility index (Phi) is 8.37. The Morgan fingerprint density at radius 2 is 1.73 bits per heavy atom. The number of Topliss-reactive ketones (excluding diaryl/α,β-unsaturated/α-hetero) is 1. The number of nitrogens with zero attached hydrogens (tertiary/aromatic N) is 1. The number of hydrogen-bond donors (Lipinski definition) is 4. The smallest absolute Gasteiger partial charge is 0.408 e. The van der Waals surface area contributed by atoms with Crippen LogP contribution in [-0.4, -0.2) is 41.2 Å². The van der Waals surface area contributed by atoms with Gasteiger partial charge in [0.05, 0.1) is 12.3 Å². The van der Waals surface area contributed by atoms with Crippen molar-refractivity contribution in [2.24, 2.45) is 10.9 Å². The SMILES string of the molecule is C[C@H](NC(=O)C(Cc1ccc(O)cc1)NC(=O)OCc1ccccc1)C(=O)/C=N/N. The fourth-order valence-electron chi connectivity index (χ4n) is 2.55. The molecule has 9 nitrogen and oxygen atoms in total. The maximum atomic E-state index is 12.7. The van der Waals surface area contributed by atoms with Crippen LogP contribution in [0.3, 0.4) is 0 Å². The van der Waals surface area contributed by atoms with Crippen LogP contribution in [0.2, 0.25) is 0 Å². The molecule has 30 heavy (non-hydrogen) atoms. The molecule has 0 aliphatic carbocycles. The molecule has 0 radical (unpaired) electrons. The number of carbonyl (C=O) groups is 3. The van der Waals surface area contributed by atoms with Crippen molar-refractivity contribution < 1.29 is 24.2 Å². The Hall–Kier alpha value is -3.88. The van der Waals surface area contributed by atoms with Crippen molar-refractivity contribution in [3.05, 3.63) is 65.7 Å². The van der Waals surface area contributed by atoms with Crippen LogP contribution >= 0.6 is 0 Å². The lowest BCUT2D eigenvalue weighted by molar-refractivity contribution is -0.126. The van der Waals surface area contributed by atoms with Gasteiger partial charge in [0.25, 0.3) is 0 Å². The van der Waals surface area contributed by atoms with Gasteiger partial charge >= 0.3 is 6.09 Å². The van der Waals surface area contributed by atoms with Crippen molar-refractivity contribution in [2.75, 3.05) is 0 Å². The Morgan fingerprint density at radius 1 is 1.07 bits per heavy atom. The first-order valence-corrected chi connectivity index (χ1v) is 9.21. The maximum Gasteiger partial charge on any atom is 0.408 e. The lowest BCUT2D eigenvalue weighted by Gasteiger charge is -2.20. The number of hydrogen-bond acceptors (Lipinski definition) is 7. The van der Waals surface area contributed by atoms with E-state index in [1.807, 2.05) is 18.2 Å². The summed E-state index contributed by atoms with van der Waals surface area (Å²) in [6, 6.07) is 13.4. The van der Waals surface area contributed by atoms with Gasteiger partial charge < -0.3 is 26.3 Å². The molecule has 2 rings (SSSR count). The molecule has 9 heteroatoms. The van der Waals surface area contributed by atoms with Crippen LogP contribution in [-0.2, 0) is 27.4 Å². The molecule has 0 fully saturated rings. The molecule has 0 aromatic heterocycles. The molecule has 0 saturated heterocycles. The first kappa shape index (κ1) is 22.4. The summed E-state index contributed by atoms with van der Waals surface area (Å²) in [6.45, 7) is 1.52. The number of nitrogens with two attached hydrogens (primary N) is 1. The molecule has 2 atom stereocenters. The number of alkyl carbamates (subject to hydrolysis) is 1. The molecule has 2 aromatic rings. The van der Waals surface area contributed by atoms with Gasteiger partial charge in [-0.25, -0.2) is 4.79 Å². The number of phenols is 1. The monoisotopic (exact) mass is 412 g/mol. The molecule has 0 aliphatic rings. The summed E-state index contributed by atoms with van der Waals surface area (Å²) in [6.07, 6.45) is 0.250. The molecule has 0 heterocycles. The van der Waals surface area contributed by atoms with Gasteiger partial charge in [0.15, 0.2) is 5.78 Å². The predicted octanol–water partition coefficient (Wildman–Crippen LogP) is 1.25. The van der Waals surface area contributed by atoms with E-state index in [-0.39, 0.29) is 18.8 Å². The first-order valence-electron chi connectivity index (χ1n) is 9.21. The number of benzene rings is 2. The molecule has 5 N–H and O–H groups in total. The van der Waals surface area contributed by atoms with Gasteiger partial charge in [-0.2, -0.15) is 5.10 Å². The van der Waals surface area contributed by atoms with E-state index in [0.29, 0.717) is 5.56 Å². The Bertz CT molecular complexity index is 884. The van der Waals surface area contributed by atoms with Crippen molar-refractivity contribution in [3.8, 4) is 5.75 Å². The van der Waals surface area contributed by atoms with Crippen molar-refractivity contribution in [1.82, 2.24) is 10.6 Å². The van der Waals surface area contributed by atoms with Crippen LogP contribution in [0.5, 0.6) is 5.75 Å². The number of ether oxygens (including phenoxy) is 1. The van der Waals surface area contributed by atoms with Crippen LogP contribution in [0, 0.1) is 0 Å². The van der Waals surface area contributed by atoms with Gasteiger partial charge in [-0.05, 0) is 30.2 Å². The van der Waals surface area contributed by atoms with E-state index in [0.717, 1.165) is 11.8 Å². The summed E-state index contributed by atoms with van der Waals surface area (Å²) in [5.41, 5.74) is 1.49. The molecule has 158 valence electrons. The van der Waals surface area contributed by atoms with Gasteiger partial charge in [-0.1, -0.05) is 42.5 Å². The van der Waals surface area contributed by atoms with Gasteiger partial charge in [-0.15, -0.1) is 0 Å². The van der Waals surface area contributed by atoms with Crippen molar-refractivity contribution >= 4 is 24.0 Å². The van der Waals surface area contributed by atoms with Crippen LogP contribution < -0.4 is 16.5 Å². The van der Waals surface area contributed by atoms with Gasteiger partial charge in [0, 0.05) is 6.42 Å². The summed E-state index contributed by atoms with van der Waals surface area (Å²) in [7, 11) is 0. The molecule has 1 unspecified atom stereocenters. The fourth-order valence-corrected chi connectivity index (χ4v) is 2.55. The number of carbonyl (C=O) groups excluding carboxylic acids is 3. The topological polar surface area (TPSA) is 143 Å². The second kappa shape index (κ2) is 11.2. The van der Waals surface area contributed by atoms with E-state index in [1.165, 1.54) is 19.1 Å². The minimum absolute atomic E-state index is 0.0437. The summed E-state index contributed by atoms with van der Waals surface area (Å²) in [4.78, 5) is 36.7. The van der Waals surface area contributed by atoms with Crippen molar-refractivity contribution in [3.63, 3.8) is 0 Å². The zero-order valence-electron chi connectivity index (χ0n) is 16.4. The quantitative estimate of drug-likeness (QED) is 0.277. The number of hydrazone groups is 1. The zero-order chi connectivity index (χ0) is 21.9. The van der Waals surface area contributed by atoms with Gasteiger partial charge in [0.1, 0.15) is 18.4 Å². The Balaban J connectivity index is 2.05. The van der Waals surface area contributed by atoms with Crippen molar-refractivity contribution in [1.29, 1.82) is 0 Å². The van der Waals surface area contributed by atoms with Crippen LogP contribution in [0.1, 0.15) is 18.1 Å². The number of nitrogens with one attached hydrogen (secondary N) is 2. The summed E-state index contributed by atoms with van der Waals surface area (Å²) in [5, 5.41) is 17.6. The lowest BCUT2D eigenvalue weighted by Crippen LogP contribution is -2.52. The normalized spacial score (nSPS) is 12.7. The third-order valence-corrected chi connectivity index (χ3v) is 4.18. The predicted molar refractivity (Wildman–Crippen MR) is 111 cm³/mol. The third-order valence-electron chi connectivity index (χ3n) is 4.18. The van der Waals surface area contributed by atoms with E-state index in [2.05, 4.69) is 15.7 Å². The third kappa shape index (κ3) is 7.27. The van der Waals surface area contributed by atoms with E-state index < -0.39 is 29.9 Å². The highest BCUT2D eigenvalue weighted by Gasteiger charge is 2.25. The summed E-state index contributed by atoms with van der Waals surface area (Å²) >= 11 is 0. The summed E-state index contributed by atoms with van der Waals surface area (Å²) < 4.78 is 5.18. The second-order valence-electron chi connectivity index (χ2n) is 6.54. The molecule has 2 amide bonds. The number of phenolic OH excluding ortho intramolecular Hbond substituents is 1. The molecular formula is C21H24N4O5. The highest BCUT2D eigenvalue weighted by Crippen LogP contribution is 2.12. The minimum atomic E-state index is -1.01. The zero-order valence-corrected chi connectivity index (χ0v) is 16.4. The first-order chi connectivity index (χ1) is 14.4. The number of aromatic hydroxyl groups is 1. The van der Waals surface area contributed by atoms with Crippen LogP contribution in [0.25, 0.3) is 0 Å². The minimum Gasteiger partial charge on any atom is -0.508 e. The number of amides is 2. The van der Waals surface area contributed by atoms with E-state index in [1.54, 1.807) is 24.3 Å². The fraction of sp³-hybridized carbons (Fsp3) is 0.238. The highest BCUT2D eigenvalue weighted by molar-refractivity contribution is 6.30. The number of rotatable bonds is 9. The standard InChI is InChI=1S/C21H24N4O5/c1-14(19(27)12-23-22)24-20(28)18(11-15-7-9-17(26)10-8-15)25-21(29)30-13-16-5-3-2-4-6-16/h2-10,12,14,18,26H,11,13,22H2,1H3,(H,24,28)(H,25,29)/b23-12+/t14-,18?/m0/s1. The number of ketones is 1. The average Bonchev–Trinajstić information content (AvgIpc) is 2.74. The molecule has 0 aliphatic heterocycles. The molecule has 2 aromatic carbocycles. The van der Waals surface area contributed by atoms with E-state index >= 15 is 0 Å². The lowest BCUT2D eigenvalue weighted by atomic mass is 10.0. The molecule has 0 saturated carbocycles.